The van der Waals surface area contributed by atoms with Gasteiger partial charge in [0.25, 0.3) is 0 Å². The third-order valence-corrected chi connectivity index (χ3v) is 10.4. The summed E-state index contributed by atoms with van der Waals surface area (Å²) in [5.74, 6) is -0.0488. The van der Waals surface area contributed by atoms with Crippen LogP contribution in [0.3, 0.4) is 0 Å². The molecule has 0 unspecified atom stereocenters. The molecule has 1 amide bonds. The zero-order valence-corrected chi connectivity index (χ0v) is 31.1. The van der Waals surface area contributed by atoms with Gasteiger partial charge in [0, 0.05) is 67.8 Å². The van der Waals surface area contributed by atoms with Crippen molar-refractivity contribution >= 4 is 45.5 Å². The van der Waals surface area contributed by atoms with Crippen LogP contribution in [0.25, 0.3) is 10.9 Å². The maximum atomic E-state index is 12.3. The van der Waals surface area contributed by atoms with E-state index in [1.165, 1.54) is 0 Å². The summed E-state index contributed by atoms with van der Waals surface area (Å²) >= 11 is 6.96. The predicted octanol–water partition coefficient (Wildman–Crippen LogP) is 7.89. The molecule has 3 aromatic carbocycles. The lowest BCUT2D eigenvalue weighted by Gasteiger charge is -2.42. The molecule has 3 heterocycles. The van der Waals surface area contributed by atoms with E-state index in [0.29, 0.717) is 27.8 Å². The molecule has 0 radical (unpaired) electrons. The summed E-state index contributed by atoms with van der Waals surface area (Å²) in [7, 11) is 1.78. The van der Waals surface area contributed by atoms with Crippen molar-refractivity contribution in [3.05, 3.63) is 107 Å². The van der Waals surface area contributed by atoms with Gasteiger partial charge >= 0.3 is 0 Å². The van der Waals surface area contributed by atoms with Crippen molar-refractivity contribution in [1.29, 1.82) is 5.26 Å². The molecule has 51 heavy (non-hydrogen) atoms. The van der Waals surface area contributed by atoms with Gasteiger partial charge in [-0.15, -0.1) is 5.53 Å². The van der Waals surface area contributed by atoms with Gasteiger partial charge in [0.15, 0.2) is 0 Å². The highest BCUT2D eigenvalue weighted by molar-refractivity contribution is 6.35. The molecule has 4 aromatic rings. The summed E-state index contributed by atoms with van der Waals surface area (Å²) in [6, 6.07) is 24.4. The van der Waals surface area contributed by atoms with Crippen LogP contribution in [-0.2, 0) is 4.79 Å². The van der Waals surface area contributed by atoms with Crippen molar-refractivity contribution in [3.63, 3.8) is 0 Å². The Bertz CT molecular complexity index is 1940. The SMILES string of the molecule is CC[C@@H](Nc1c(C#N)cnc2c(Cl)cc(N[C@H](C3=CN(C4CCN(C(C)(C)C)CC4)NN3)c3cccc(N(C)C(C)=O)c3)cc12)c1ccccc1. The summed E-state index contributed by atoms with van der Waals surface area (Å²) in [5, 5.41) is 21.0. The summed E-state index contributed by atoms with van der Waals surface area (Å²) in [6.07, 6.45) is 6.63. The minimum absolute atomic E-state index is 0.0202. The lowest BCUT2D eigenvalue weighted by Crippen LogP contribution is -2.52. The molecule has 0 spiro atoms. The number of hydrogen-bond donors (Lipinski definition) is 4. The summed E-state index contributed by atoms with van der Waals surface area (Å²) in [4.78, 5) is 21.1. The molecule has 1 fully saturated rings. The first-order chi connectivity index (χ1) is 24.5. The molecule has 10 nitrogen and oxygen atoms in total. The van der Waals surface area contributed by atoms with Crippen molar-refractivity contribution in [2.24, 2.45) is 0 Å². The molecule has 0 aliphatic carbocycles. The highest BCUT2D eigenvalue weighted by Gasteiger charge is 2.32. The van der Waals surface area contributed by atoms with Crippen molar-refractivity contribution in [1.82, 2.24) is 25.9 Å². The molecular formula is C40H48ClN9O. The fourth-order valence-corrected chi connectivity index (χ4v) is 7.24. The first-order valence-electron chi connectivity index (χ1n) is 17.7. The number of fused-ring (bicyclic) bond motifs is 1. The van der Waals surface area contributed by atoms with Crippen LogP contribution < -0.4 is 26.5 Å². The Hall–Kier alpha value is -4.82. The molecule has 266 valence electrons. The van der Waals surface area contributed by atoms with Gasteiger partial charge in [0.2, 0.25) is 5.91 Å². The zero-order valence-electron chi connectivity index (χ0n) is 30.3. The first-order valence-corrected chi connectivity index (χ1v) is 18.1. The van der Waals surface area contributed by atoms with Gasteiger partial charge in [-0.2, -0.15) is 5.26 Å². The van der Waals surface area contributed by atoms with Gasteiger partial charge in [-0.1, -0.05) is 61.0 Å². The second-order valence-electron chi connectivity index (χ2n) is 14.4. The summed E-state index contributed by atoms with van der Waals surface area (Å²) in [6.45, 7) is 12.6. The van der Waals surface area contributed by atoms with Crippen molar-refractivity contribution in [2.45, 2.75) is 77.5 Å². The minimum atomic E-state index is -0.345. The van der Waals surface area contributed by atoms with Gasteiger partial charge in [0.1, 0.15) is 6.07 Å². The van der Waals surface area contributed by atoms with E-state index in [9.17, 15) is 10.1 Å². The number of hydrazine groups is 2. The quantitative estimate of drug-likeness (QED) is 0.131. The second-order valence-corrected chi connectivity index (χ2v) is 14.8. The maximum Gasteiger partial charge on any atom is 0.223 e. The smallest absolute Gasteiger partial charge is 0.223 e. The Labute approximate surface area is 306 Å². The van der Waals surface area contributed by atoms with Gasteiger partial charge in [-0.3, -0.25) is 19.7 Å². The number of nitriles is 1. The van der Waals surface area contributed by atoms with E-state index in [2.05, 4.69) is 94.7 Å². The number of piperidine rings is 1. The Kier molecular flexibility index (Phi) is 10.7. The monoisotopic (exact) mass is 705 g/mol. The summed E-state index contributed by atoms with van der Waals surface area (Å²) < 4.78 is 0. The van der Waals surface area contributed by atoms with Crippen molar-refractivity contribution < 1.29 is 4.79 Å². The van der Waals surface area contributed by atoms with E-state index in [-0.39, 0.29) is 23.5 Å². The van der Waals surface area contributed by atoms with Crippen LogP contribution in [0.15, 0.2) is 84.8 Å². The largest absolute Gasteiger partial charge is 0.377 e. The molecule has 2 atom stereocenters. The van der Waals surface area contributed by atoms with E-state index < -0.39 is 0 Å². The Morgan fingerprint density at radius 3 is 2.47 bits per heavy atom. The van der Waals surface area contributed by atoms with E-state index >= 15 is 0 Å². The van der Waals surface area contributed by atoms with Crippen LogP contribution in [0, 0.1) is 11.3 Å². The number of likely N-dealkylation sites (tertiary alicyclic amines) is 1. The third-order valence-electron chi connectivity index (χ3n) is 10.1. The number of hydrogen-bond acceptors (Lipinski definition) is 9. The van der Waals surface area contributed by atoms with Crippen LogP contribution in [-0.4, -0.2) is 52.5 Å². The molecule has 11 heteroatoms. The molecule has 0 saturated carbocycles. The lowest BCUT2D eigenvalue weighted by atomic mass is 9.97. The van der Waals surface area contributed by atoms with Crippen LogP contribution in [0.1, 0.15) is 82.7 Å². The standard InChI is InChI=1S/C40H48ClN9O/c1-7-35(27-12-9-8-10-13-27)45-37-29(23-42)24-43-39-33(37)21-30(22-34(39)41)44-38(28-14-11-15-32(20-28)48(6)26(2)51)36-25-50(47-46-36)31-16-18-49(19-17-31)40(3,4)5/h8-15,20-22,24-25,31,35,38,44,46-47H,7,16-19H2,1-6H3,(H,43,45)/t35-,38+/m1/s1. The van der Waals surface area contributed by atoms with Crippen molar-refractivity contribution in [2.75, 3.05) is 35.7 Å². The van der Waals surface area contributed by atoms with Crippen LogP contribution >= 0.6 is 11.6 Å². The fourth-order valence-electron chi connectivity index (χ4n) is 6.97. The highest BCUT2D eigenvalue weighted by Crippen LogP contribution is 2.38. The van der Waals surface area contributed by atoms with E-state index in [1.54, 1.807) is 25.1 Å². The lowest BCUT2D eigenvalue weighted by molar-refractivity contribution is -0.116. The molecule has 1 aromatic heterocycles. The first kappa shape index (κ1) is 36.0. The van der Waals surface area contributed by atoms with Gasteiger partial charge in [-0.25, -0.2) is 0 Å². The third kappa shape index (κ3) is 7.91. The minimum Gasteiger partial charge on any atom is -0.377 e. The van der Waals surface area contributed by atoms with Gasteiger partial charge in [-0.05, 0) is 75.4 Å². The number of halogens is 1. The molecular weight excluding hydrogens is 658 g/mol. The highest BCUT2D eigenvalue weighted by atomic mass is 35.5. The zero-order chi connectivity index (χ0) is 36.3. The molecule has 2 aliphatic rings. The molecule has 6 rings (SSSR count). The van der Waals surface area contributed by atoms with E-state index in [1.807, 2.05) is 48.5 Å². The van der Waals surface area contributed by atoms with Crippen molar-refractivity contribution in [3.8, 4) is 6.07 Å². The molecule has 4 N–H and O–H groups in total. The summed E-state index contributed by atoms with van der Waals surface area (Å²) in [5.41, 5.74) is 13.3. The second kappa shape index (κ2) is 15.2. The fraction of sp³-hybridized carbons (Fsp3) is 0.375. The number of aromatic nitrogens is 1. The molecule has 2 aliphatic heterocycles. The number of carbonyl (C=O) groups excluding carboxylic acids is 1. The number of nitrogens with one attached hydrogen (secondary N) is 4. The molecule has 0 bridgehead atoms. The number of benzene rings is 3. The normalized spacial score (nSPS) is 16.6. The average molecular weight is 706 g/mol. The number of anilines is 3. The van der Waals surface area contributed by atoms with Gasteiger partial charge in [0.05, 0.1) is 39.6 Å². The number of rotatable bonds is 10. The number of pyridine rings is 1. The molecule has 1 saturated heterocycles. The topological polar surface area (TPSA) is 112 Å². The number of nitrogens with zero attached hydrogens (tertiary/aromatic N) is 5. The van der Waals surface area contributed by atoms with Crippen LogP contribution in [0.5, 0.6) is 0 Å². The Morgan fingerprint density at radius 1 is 1.08 bits per heavy atom. The number of carbonyl (C=O) groups is 1. The van der Waals surface area contributed by atoms with Crippen LogP contribution in [0.2, 0.25) is 5.02 Å². The number of amides is 1. The van der Waals surface area contributed by atoms with E-state index in [4.69, 9.17) is 11.6 Å². The van der Waals surface area contributed by atoms with E-state index in [0.717, 1.165) is 65.9 Å². The Balaban J connectivity index is 1.38. The maximum absolute atomic E-state index is 12.3. The Morgan fingerprint density at radius 2 is 1.80 bits per heavy atom. The predicted molar refractivity (Wildman–Crippen MR) is 207 cm³/mol. The van der Waals surface area contributed by atoms with Gasteiger partial charge < -0.3 is 21.0 Å². The van der Waals surface area contributed by atoms with Crippen LogP contribution in [0.4, 0.5) is 17.1 Å². The average Bonchev–Trinajstić information content (AvgIpc) is 3.62.